The normalized spacial score (nSPS) is 22.4. The van der Waals surface area contributed by atoms with E-state index in [0.717, 1.165) is 19.6 Å². The quantitative estimate of drug-likeness (QED) is 0.641. The maximum Gasteiger partial charge on any atom is 0.106 e. The Morgan fingerprint density at radius 2 is 1.92 bits per heavy atom. The topological polar surface area (TPSA) is 15.7 Å². The van der Waals surface area contributed by atoms with Crippen molar-refractivity contribution in [1.82, 2.24) is 9.80 Å². The molecule has 1 heterocycles. The van der Waals surface area contributed by atoms with Gasteiger partial charge in [-0.2, -0.15) is 0 Å². The molecule has 13 heavy (non-hydrogen) atoms. The van der Waals surface area contributed by atoms with Crippen molar-refractivity contribution in [2.24, 2.45) is 0 Å². The lowest BCUT2D eigenvalue weighted by atomic mass is 9.92. The third kappa shape index (κ3) is 2.42. The zero-order valence-corrected chi connectivity index (χ0v) is 9.50. The summed E-state index contributed by atoms with van der Waals surface area (Å²) in [6, 6.07) is 0.644. The molecule has 1 saturated heterocycles. The second-order valence-corrected chi connectivity index (χ2v) is 4.62. The van der Waals surface area contributed by atoms with Crippen LogP contribution < -0.4 is 0 Å². The molecule has 1 rings (SSSR count). The first-order chi connectivity index (χ1) is 5.99. The van der Waals surface area contributed by atoms with E-state index in [4.69, 9.17) is 4.74 Å². The van der Waals surface area contributed by atoms with E-state index < -0.39 is 0 Å². The summed E-state index contributed by atoms with van der Waals surface area (Å²) >= 11 is 0. The predicted molar refractivity (Wildman–Crippen MR) is 55.0 cm³/mol. The molecule has 1 aliphatic rings. The average Bonchev–Trinajstić information content (AvgIpc) is 1.94. The molecule has 0 radical (unpaired) electrons. The minimum absolute atomic E-state index is 0.0910. The van der Waals surface area contributed by atoms with Crippen LogP contribution in [0.25, 0.3) is 0 Å². The van der Waals surface area contributed by atoms with Gasteiger partial charge < -0.3 is 9.64 Å². The van der Waals surface area contributed by atoms with Crippen LogP contribution in [0.5, 0.6) is 0 Å². The van der Waals surface area contributed by atoms with Gasteiger partial charge in [-0.05, 0) is 27.9 Å². The number of hydrogen-bond acceptors (Lipinski definition) is 3. The molecule has 0 aromatic rings. The van der Waals surface area contributed by atoms with Crippen molar-refractivity contribution in [2.75, 3.05) is 40.8 Å². The SMILES string of the molecule is COC1(CN(C)C)CN(C(C)C)C1. The van der Waals surface area contributed by atoms with E-state index in [0.29, 0.717) is 6.04 Å². The molecule has 78 valence electrons. The molecule has 0 aliphatic carbocycles. The van der Waals surface area contributed by atoms with Crippen LogP contribution in [0.15, 0.2) is 0 Å². The Hall–Kier alpha value is -0.120. The Morgan fingerprint density at radius 3 is 2.23 bits per heavy atom. The van der Waals surface area contributed by atoms with Crippen LogP contribution in [0.1, 0.15) is 13.8 Å². The van der Waals surface area contributed by atoms with Gasteiger partial charge >= 0.3 is 0 Å². The molecular formula is C10H22N2O. The molecule has 3 nitrogen and oxygen atoms in total. The summed E-state index contributed by atoms with van der Waals surface area (Å²) in [6.07, 6.45) is 0. The van der Waals surface area contributed by atoms with Gasteiger partial charge in [0.05, 0.1) is 0 Å². The summed E-state index contributed by atoms with van der Waals surface area (Å²) in [7, 11) is 6.01. The summed E-state index contributed by atoms with van der Waals surface area (Å²) < 4.78 is 5.58. The Morgan fingerprint density at radius 1 is 1.38 bits per heavy atom. The molecule has 1 fully saturated rings. The highest BCUT2D eigenvalue weighted by atomic mass is 16.5. The van der Waals surface area contributed by atoms with Crippen molar-refractivity contribution >= 4 is 0 Å². The van der Waals surface area contributed by atoms with E-state index >= 15 is 0 Å². The molecule has 0 spiro atoms. The van der Waals surface area contributed by atoms with Crippen LogP contribution in [-0.2, 0) is 4.74 Å². The Bertz CT molecular complexity index is 162. The third-order valence-corrected chi connectivity index (χ3v) is 2.75. The van der Waals surface area contributed by atoms with E-state index in [-0.39, 0.29) is 5.60 Å². The summed E-state index contributed by atoms with van der Waals surface area (Å²) in [4.78, 5) is 4.63. The summed E-state index contributed by atoms with van der Waals surface area (Å²) in [5.74, 6) is 0. The van der Waals surface area contributed by atoms with E-state index in [1.165, 1.54) is 0 Å². The van der Waals surface area contributed by atoms with Gasteiger partial charge in [-0.25, -0.2) is 0 Å². The highest BCUT2D eigenvalue weighted by molar-refractivity contribution is 4.99. The first-order valence-electron chi connectivity index (χ1n) is 4.93. The van der Waals surface area contributed by atoms with Gasteiger partial charge in [0, 0.05) is 32.8 Å². The van der Waals surface area contributed by atoms with Gasteiger partial charge in [-0.15, -0.1) is 0 Å². The fraction of sp³-hybridized carbons (Fsp3) is 1.00. The van der Waals surface area contributed by atoms with Gasteiger partial charge in [0.1, 0.15) is 5.60 Å². The van der Waals surface area contributed by atoms with E-state index in [1.54, 1.807) is 0 Å². The first-order valence-corrected chi connectivity index (χ1v) is 4.93. The van der Waals surface area contributed by atoms with Crippen LogP contribution >= 0.6 is 0 Å². The highest BCUT2D eigenvalue weighted by Gasteiger charge is 2.44. The fourth-order valence-electron chi connectivity index (χ4n) is 1.93. The van der Waals surface area contributed by atoms with Crippen LogP contribution in [0.2, 0.25) is 0 Å². The van der Waals surface area contributed by atoms with Crippen LogP contribution in [0.3, 0.4) is 0 Å². The van der Waals surface area contributed by atoms with Crippen LogP contribution in [0.4, 0.5) is 0 Å². The molecule has 3 heteroatoms. The second kappa shape index (κ2) is 3.95. The molecule has 0 amide bonds. The van der Waals surface area contributed by atoms with Gasteiger partial charge in [0.25, 0.3) is 0 Å². The number of ether oxygens (including phenoxy) is 1. The number of hydrogen-bond donors (Lipinski definition) is 0. The highest BCUT2D eigenvalue weighted by Crippen LogP contribution is 2.26. The zero-order chi connectivity index (χ0) is 10.1. The average molecular weight is 186 g/mol. The molecule has 0 unspecified atom stereocenters. The third-order valence-electron chi connectivity index (χ3n) is 2.75. The minimum atomic E-state index is 0.0910. The maximum absolute atomic E-state index is 5.58. The monoisotopic (exact) mass is 186 g/mol. The minimum Gasteiger partial charge on any atom is -0.374 e. The smallest absolute Gasteiger partial charge is 0.106 e. The lowest BCUT2D eigenvalue weighted by Crippen LogP contribution is -2.68. The van der Waals surface area contributed by atoms with Crippen molar-refractivity contribution < 1.29 is 4.74 Å². The van der Waals surface area contributed by atoms with E-state index in [2.05, 4.69) is 37.7 Å². The van der Waals surface area contributed by atoms with Gasteiger partial charge in [-0.3, -0.25) is 4.90 Å². The van der Waals surface area contributed by atoms with E-state index in [9.17, 15) is 0 Å². The second-order valence-electron chi connectivity index (χ2n) is 4.62. The summed E-state index contributed by atoms with van der Waals surface area (Å²) in [5.41, 5.74) is 0.0910. The van der Waals surface area contributed by atoms with Gasteiger partial charge in [0.15, 0.2) is 0 Å². The molecule has 0 aromatic heterocycles. The summed E-state index contributed by atoms with van der Waals surface area (Å²) in [6.45, 7) is 7.62. The van der Waals surface area contributed by atoms with Crippen molar-refractivity contribution in [3.05, 3.63) is 0 Å². The standard InChI is InChI=1S/C10H22N2O/c1-9(2)12-7-10(8-12,13-5)6-11(3)4/h9H,6-8H2,1-5H3. The van der Waals surface area contributed by atoms with Crippen molar-refractivity contribution in [1.29, 1.82) is 0 Å². The van der Waals surface area contributed by atoms with Gasteiger partial charge in [0.2, 0.25) is 0 Å². The number of likely N-dealkylation sites (N-methyl/N-ethyl adjacent to an activating group) is 1. The molecule has 0 atom stereocenters. The van der Waals surface area contributed by atoms with Crippen molar-refractivity contribution in [3.8, 4) is 0 Å². The molecule has 0 saturated carbocycles. The van der Waals surface area contributed by atoms with Crippen LogP contribution in [0, 0.1) is 0 Å². The first kappa shape index (κ1) is 11.0. The van der Waals surface area contributed by atoms with E-state index in [1.807, 2.05) is 7.11 Å². The number of methoxy groups -OCH3 is 1. The lowest BCUT2D eigenvalue weighted by molar-refractivity contribution is -0.142. The lowest BCUT2D eigenvalue weighted by Gasteiger charge is -2.52. The predicted octanol–water partition coefficient (Wildman–Crippen LogP) is 0.657. The molecule has 1 aliphatic heterocycles. The number of nitrogens with zero attached hydrogens (tertiary/aromatic N) is 2. The Kier molecular flexibility index (Phi) is 3.33. The zero-order valence-electron chi connectivity index (χ0n) is 9.50. The van der Waals surface area contributed by atoms with Crippen molar-refractivity contribution in [3.63, 3.8) is 0 Å². The maximum atomic E-state index is 5.58. The Balaban J connectivity index is 2.40. The van der Waals surface area contributed by atoms with Crippen LogP contribution in [-0.4, -0.2) is 62.3 Å². The molecule has 0 N–H and O–H groups in total. The van der Waals surface area contributed by atoms with Crippen molar-refractivity contribution in [2.45, 2.75) is 25.5 Å². The molecular weight excluding hydrogens is 164 g/mol. The number of likely N-dealkylation sites (tertiary alicyclic amines) is 1. The molecule has 0 bridgehead atoms. The number of rotatable bonds is 4. The largest absolute Gasteiger partial charge is 0.374 e. The van der Waals surface area contributed by atoms with Gasteiger partial charge in [-0.1, -0.05) is 0 Å². The Labute approximate surface area is 81.7 Å². The molecule has 0 aromatic carbocycles. The summed E-state index contributed by atoms with van der Waals surface area (Å²) in [5, 5.41) is 0. The fourth-order valence-corrected chi connectivity index (χ4v) is 1.93.